The van der Waals surface area contributed by atoms with Crippen LogP contribution in [0.2, 0.25) is 0 Å². The summed E-state index contributed by atoms with van der Waals surface area (Å²) in [6, 6.07) is 15.9. The van der Waals surface area contributed by atoms with Gasteiger partial charge >= 0.3 is 5.97 Å². The number of rotatable bonds is 5. The minimum absolute atomic E-state index is 0.188. The molecular formula is C21H21NO2S. The van der Waals surface area contributed by atoms with Crippen LogP contribution in [0.4, 0.5) is 0 Å². The quantitative estimate of drug-likeness (QED) is 0.562. The highest BCUT2D eigenvalue weighted by molar-refractivity contribution is 7.13. The third-order valence-corrected chi connectivity index (χ3v) is 4.92. The van der Waals surface area contributed by atoms with Crippen LogP contribution < -0.4 is 0 Å². The van der Waals surface area contributed by atoms with Gasteiger partial charge in [-0.05, 0) is 30.5 Å². The highest BCUT2D eigenvalue weighted by Crippen LogP contribution is 2.26. The van der Waals surface area contributed by atoms with Crippen molar-refractivity contribution in [2.45, 2.75) is 33.3 Å². The molecule has 1 aromatic heterocycles. The van der Waals surface area contributed by atoms with Gasteiger partial charge in [-0.25, -0.2) is 9.78 Å². The summed E-state index contributed by atoms with van der Waals surface area (Å²) in [4.78, 5) is 16.7. The molecule has 0 atom stereocenters. The molecular weight excluding hydrogens is 330 g/mol. The molecule has 0 fully saturated rings. The summed E-state index contributed by atoms with van der Waals surface area (Å²) in [5.41, 5.74) is 4.78. The van der Waals surface area contributed by atoms with Gasteiger partial charge in [0.2, 0.25) is 0 Å². The number of thiazole rings is 1. The van der Waals surface area contributed by atoms with E-state index in [9.17, 15) is 4.79 Å². The number of aryl methyl sites for hydroxylation is 1. The van der Waals surface area contributed by atoms with E-state index >= 15 is 0 Å². The van der Waals surface area contributed by atoms with Crippen molar-refractivity contribution in [2.24, 2.45) is 0 Å². The van der Waals surface area contributed by atoms with E-state index in [0.717, 1.165) is 21.8 Å². The number of hydrogen-bond acceptors (Lipinski definition) is 4. The first-order chi connectivity index (χ1) is 12.0. The maximum atomic E-state index is 12.1. The highest BCUT2D eigenvalue weighted by Gasteiger charge is 2.10. The van der Waals surface area contributed by atoms with Crippen molar-refractivity contribution in [1.29, 1.82) is 0 Å². The summed E-state index contributed by atoms with van der Waals surface area (Å²) in [5, 5.41) is 2.88. The Morgan fingerprint density at radius 1 is 1.16 bits per heavy atom. The second-order valence-corrected chi connectivity index (χ2v) is 7.22. The van der Waals surface area contributed by atoms with Gasteiger partial charge in [-0.2, -0.15) is 0 Å². The zero-order chi connectivity index (χ0) is 17.8. The maximum absolute atomic E-state index is 12.1. The topological polar surface area (TPSA) is 39.2 Å². The van der Waals surface area contributed by atoms with Crippen molar-refractivity contribution in [3.8, 4) is 10.6 Å². The SMILES string of the molecule is Cc1cccc(C(=O)OCc2csc(-c3ccc(C(C)C)cc3)n2)c1. The number of ether oxygens (including phenoxy) is 1. The molecule has 0 saturated heterocycles. The van der Waals surface area contributed by atoms with Crippen LogP contribution in [0.3, 0.4) is 0 Å². The Hall–Kier alpha value is -2.46. The molecule has 2 aromatic carbocycles. The van der Waals surface area contributed by atoms with Crippen LogP contribution in [0.25, 0.3) is 10.6 Å². The largest absolute Gasteiger partial charge is 0.456 e. The standard InChI is InChI=1S/C21H21NO2S/c1-14(2)16-7-9-17(10-8-16)20-22-19(13-25-20)12-24-21(23)18-6-4-5-15(3)11-18/h4-11,13-14H,12H2,1-3H3. The third-order valence-electron chi connectivity index (χ3n) is 3.98. The number of nitrogens with zero attached hydrogens (tertiary/aromatic N) is 1. The lowest BCUT2D eigenvalue weighted by atomic mass is 10.0. The van der Waals surface area contributed by atoms with Crippen molar-refractivity contribution < 1.29 is 9.53 Å². The number of carbonyl (C=O) groups excluding carboxylic acids is 1. The minimum Gasteiger partial charge on any atom is -0.456 e. The van der Waals surface area contributed by atoms with Crippen molar-refractivity contribution in [2.75, 3.05) is 0 Å². The van der Waals surface area contributed by atoms with Gasteiger partial charge in [0.15, 0.2) is 0 Å². The van der Waals surface area contributed by atoms with Crippen molar-refractivity contribution in [3.05, 3.63) is 76.3 Å². The van der Waals surface area contributed by atoms with Crippen LogP contribution >= 0.6 is 11.3 Å². The van der Waals surface area contributed by atoms with E-state index < -0.39 is 0 Å². The molecule has 1 heterocycles. The predicted octanol–water partition coefficient (Wildman–Crippen LogP) is 5.60. The van der Waals surface area contributed by atoms with Gasteiger partial charge in [0.1, 0.15) is 11.6 Å². The molecule has 3 aromatic rings. The smallest absolute Gasteiger partial charge is 0.338 e. The van der Waals surface area contributed by atoms with Gasteiger partial charge in [0, 0.05) is 10.9 Å². The molecule has 128 valence electrons. The zero-order valence-electron chi connectivity index (χ0n) is 14.7. The second-order valence-electron chi connectivity index (χ2n) is 6.37. The molecule has 0 radical (unpaired) electrons. The Morgan fingerprint density at radius 2 is 1.92 bits per heavy atom. The first-order valence-electron chi connectivity index (χ1n) is 8.31. The van der Waals surface area contributed by atoms with Crippen LogP contribution in [0.15, 0.2) is 53.9 Å². The van der Waals surface area contributed by atoms with Crippen LogP contribution in [0.5, 0.6) is 0 Å². The van der Waals surface area contributed by atoms with Crippen LogP contribution in [-0.2, 0) is 11.3 Å². The fraction of sp³-hybridized carbons (Fsp3) is 0.238. The molecule has 0 aliphatic carbocycles. The summed E-state index contributed by atoms with van der Waals surface area (Å²) in [5.74, 6) is 0.196. The zero-order valence-corrected chi connectivity index (χ0v) is 15.5. The van der Waals surface area contributed by atoms with E-state index in [1.54, 1.807) is 17.4 Å². The second kappa shape index (κ2) is 7.62. The Kier molecular flexibility index (Phi) is 5.29. The summed E-state index contributed by atoms with van der Waals surface area (Å²) < 4.78 is 5.37. The molecule has 4 heteroatoms. The third kappa shape index (κ3) is 4.34. The van der Waals surface area contributed by atoms with Gasteiger partial charge in [0.05, 0.1) is 11.3 Å². The van der Waals surface area contributed by atoms with E-state index in [4.69, 9.17) is 4.74 Å². The number of esters is 1. The van der Waals surface area contributed by atoms with Crippen LogP contribution in [-0.4, -0.2) is 11.0 Å². The number of aromatic nitrogens is 1. The molecule has 0 unspecified atom stereocenters. The molecule has 0 bridgehead atoms. The summed E-state index contributed by atoms with van der Waals surface area (Å²) >= 11 is 1.56. The Labute approximate surface area is 152 Å². The average Bonchev–Trinajstić information content (AvgIpc) is 3.08. The monoisotopic (exact) mass is 351 g/mol. The Bertz CT molecular complexity index is 866. The van der Waals surface area contributed by atoms with Crippen LogP contribution in [0.1, 0.15) is 46.9 Å². The lowest BCUT2D eigenvalue weighted by Gasteiger charge is -2.05. The van der Waals surface area contributed by atoms with E-state index in [-0.39, 0.29) is 12.6 Å². The molecule has 0 aliphatic rings. The Morgan fingerprint density at radius 3 is 2.60 bits per heavy atom. The van der Waals surface area contributed by atoms with Crippen LogP contribution in [0, 0.1) is 6.92 Å². The average molecular weight is 351 g/mol. The molecule has 3 rings (SSSR count). The number of benzene rings is 2. The summed E-state index contributed by atoms with van der Waals surface area (Å²) in [6.07, 6.45) is 0. The van der Waals surface area contributed by atoms with E-state index in [0.29, 0.717) is 11.5 Å². The van der Waals surface area contributed by atoms with Gasteiger partial charge in [-0.15, -0.1) is 11.3 Å². The molecule has 3 nitrogen and oxygen atoms in total. The van der Waals surface area contributed by atoms with Crippen molar-refractivity contribution in [3.63, 3.8) is 0 Å². The lowest BCUT2D eigenvalue weighted by Crippen LogP contribution is -2.05. The van der Waals surface area contributed by atoms with Gasteiger partial charge < -0.3 is 4.74 Å². The molecule has 0 amide bonds. The molecule has 0 saturated carbocycles. The first kappa shape index (κ1) is 17.4. The number of hydrogen-bond donors (Lipinski definition) is 0. The summed E-state index contributed by atoms with van der Waals surface area (Å²) in [6.45, 7) is 6.50. The number of carbonyl (C=O) groups is 1. The molecule has 0 spiro atoms. The highest BCUT2D eigenvalue weighted by atomic mass is 32.1. The van der Waals surface area contributed by atoms with E-state index in [1.165, 1.54) is 5.56 Å². The van der Waals surface area contributed by atoms with Crippen molar-refractivity contribution >= 4 is 17.3 Å². The molecule has 25 heavy (non-hydrogen) atoms. The van der Waals surface area contributed by atoms with E-state index in [2.05, 4.69) is 43.1 Å². The first-order valence-corrected chi connectivity index (χ1v) is 9.19. The summed E-state index contributed by atoms with van der Waals surface area (Å²) in [7, 11) is 0. The predicted molar refractivity (Wildman–Crippen MR) is 102 cm³/mol. The van der Waals surface area contributed by atoms with Gasteiger partial charge in [-0.1, -0.05) is 55.8 Å². The van der Waals surface area contributed by atoms with E-state index in [1.807, 2.05) is 30.5 Å². The maximum Gasteiger partial charge on any atom is 0.338 e. The molecule has 0 aliphatic heterocycles. The molecule has 0 N–H and O–H groups in total. The fourth-order valence-electron chi connectivity index (χ4n) is 2.51. The Balaban J connectivity index is 1.64. The van der Waals surface area contributed by atoms with Crippen molar-refractivity contribution in [1.82, 2.24) is 4.98 Å². The van der Waals surface area contributed by atoms with Gasteiger partial charge in [-0.3, -0.25) is 0 Å². The minimum atomic E-state index is -0.320. The normalized spacial score (nSPS) is 10.9. The lowest BCUT2D eigenvalue weighted by molar-refractivity contribution is 0.0468. The van der Waals surface area contributed by atoms with Gasteiger partial charge in [0.25, 0.3) is 0 Å². The fourth-order valence-corrected chi connectivity index (χ4v) is 3.32.